The number of rotatable bonds is 6. The molecule has 3 N–H and O–H groups in total. The number of ether oxygens (including phenoxy) is 1. The Balaban J connectivity index is 1.90. The zero-order chi connectivity index (χ0) is 21.8. The van der Waals surface area contributed by atoms with Gasteiger partial charge in [0.25, 0.3) is 5.91 Å². The number of benzene rings is 2. The van der Waals surface area contributed by atoms with E-state index >= 15 is 0 Å². The van der Waals surface area contributed by atoms with E-state index in [4.69, 9.17) is 38.2 Å². The third kappa shape index (κ3) is 4.85. The highest BCUT2D eigenvalue weighted by molar-refractivity contribution is 6.42. The minimum atomic E-state index is -1.20. The number of carboxylic acid groups (broad SMARTS) is 1. The largest absolute Gasteiger partial charge is 0.477 e. The summed E-state index contributed by atoms with van der Waals surface area (Å²) in [6.07, 6.45) is 1.18. The van der Waals surface area contributed by atoms with Gasteiger partial charge in [-0.3, -0.25) is 4.79 Å². The van der Waals surface area contributed by atoms with Gasteiger partial charge in [0.05, 0.1) is 34.1 Å². The molecule has 0 spiro atoms. The Morgan fingerprint density at radius 3 is 2.43 bits per heavy atom. The highest BCUT2D eigenvalue weighted by Crippen LogP contribution is 2.34. The zero-order valence-corrected chi connectivity index (χ0v) is 16.5. The molecule has 0 atom stereocenters. The lowest BCUT2D eigenvalue weighted by atomic mass is 10.1. The van der Waals surface area contributed by atoms with Crippen LogP contribution in [0.1, 0.15) is 26.4 Å². The number of halogens is 3. The number of nitrogens with zero attached hydrogens (tertiary/aromatic N) is 1. The SMILES string of the molecule is O=C(O)c1ccc(NC(=O)c2cc(Cl)c(Cl)cc2Oc2ccc(CO)c(F)c2)cn1. The van der Waals surface area contributed by atoms with Gasteiger partial charge in [-0.25, -0.2) is 14.2 Å². The van der Waals surface area contributed by atoms with Crippen molar-refractivity contribution in [1.29, 1.82) is 0 Å². The van der Waals surface area contributed by atoms with Crippen molar-refractivity contribution in [2.45, 2.75) is 6.61 Å². The second-order valence-electron chi connectivity index (χ2n) is 5.97. The number of amides is 1. The molecule has 2 aromatic carbocycles. The highest BCUT2D eigenvalue weighted by Gasteiger charge is 2.18. The molecule has 1 amide bonds. The van der Waals surface area contributed by atoms with Crippen molar-refractivity contribution in [3.05, 3.63) is 81.3 Å². The van der Waals surface area contributed by atoms with Gasteiger partial charge in [-0.1, -0.05) is 29.3 Å². The number of anilines is 1. The van der Waals surface area contributed by atoms with Crippen molar-refractivity contribution in [3.8, 4) is 11.5 Å². The standard InChI is InChI=1S/C20H13Cl2FN2O5/c21-14-6-13(19(27)25-11-2-4-17(20(28)29)24-8-11)18(7-15(14)22)30-12-3-1-10(9-26)16(23)5-12/h1-8,26H,9H2,(H,25,27)(H,28,29). The molecule has 10 heteroatoms. The third-order valence-corrected chi connectivity index (χ3v) is 4.65. The molecule has 3 rings (SSSR count). The zero-order valence-electron chi connectivity index (χ0n) is 15.0. The van der Waals surface area contributed by atoms with Crippen LogP contribution in [0.2, 0.25) is 10.0 Å². The van der Waals surface area contributed by atoms with Gasteiger partial charge in [0.2, 0.25) is 0 Å². The molecule has 0 radical (unpaired) electrons. The molecule has 0 bridgehead atoms. The van der Waals surface area contributed by atoms with Gasteiger partial charge in [-0.05, 0) is 24.3 Å². The Morgan fingerprint density at radius 1 is 1.10 bits per heavy atom. The topological polar surface area (TPSA) is 109 Å². The quantitative estimate of drug-likeness (QED) is 0.499. The monoisotopic (exact) mass is 450 g/mol. The summed E-state index contributed by atoms with van der Waals surface area (Å²) in [6.45, 7) is -0.471. The molecule has 0 aliphatic carbocycles. The molecule has 3 aromatic rings. The molecular formula is C20H13Cl2FN2O5. The van der Waals surface area contributed by atoms with E-state index in [1.165, 1.54) is 42.6 Å². The van der Waals surface area contributed by atoms with Crippen LogP contribution in [0.25, 0.3) is 0 Å². The van der Waals surface area contributed by atoms with E-state index in [2.05, 4.69) is 10.3 Å². The van der Waals surface area contributed by atoms with Gasteiger partial charge in [0.1, 0.15) is 23.0 Å². The Morgan fingerprint density at radius 2 is 1.83 bits per heavy atom. The van der Waals surface area contributed by atoms with E-state index in [9.17, 15) is 14.0 Å². The van der Waals surface area contributed by atoms with E-state index in [0.717, 1.165) is 6.07 Å². The first-order valence-electron chi connectivity index (χ1n) is 8.35. The lowest BCUT2D eigenvalue weighted by molar-refractivity contribution is 0.0690. The van der Waals surface area contributed by atoms with Crippen molar-refractivity contribution in [2.24, 2.45) is 0 Å². The fourth-order valence-corrected chi connectivity index (χ4v) is 2.75. The summed E-state index contributed by atoms with van der Waals surface area (Å²) in [7, 11) is 0. The molecule has 1 heterocycles. The third-order valence-electron chi connectivity index (χ3n) is 3.93. The van der Waals surface area contributed by atoms with Crippen molar-refractivity contribution in [2.75, 3.05) is 5.32 Å². The van der Waals surface area contributed by atoms with E-state index in [1.807, 2.05) is 0 Å². The van der Waals surface area contributed by atoms with E-state index in [-0.39, 0.29) is 44.1 Å². The maximum Gasteiger partial charge on any atom is 0.354 e. The second-order valence-corrected chi connectivity index (χ2v) is 6.78. The van der Waals surface area contributed by atoms with E-state index in [1.54, 1.807) is 0 Å². The Labute approximate surface area is 179 Å². The number of aromatic carboxylic acids is 1. The first kappa shape index (κ1) is 21.5. The minimum Gasteiger partial charge on any atom is -0.477 e. The maximum atomic E-state index is 13.9. The van der Waals surface area contributed by atoms with Crippen LogP contribution in [0.5, 0.6) is 11.5 Å². The van der Waals surface area contributed by atoms with Crippen LogP contribution in [0.15, 0.2) is 48.7 Å². The minimum absolute atomic E-state index is 0.00152. The number of pyridine rings is 1. The lowest BCUT2D eigenvalue weighted by Crippen LogP contribution is -2.14. The molecule has 154 valence electrons. The van der Waals surface area contributed by atoms with Crippen molar-refractivity contribution in [1.82, 2.24) is 4.98 Å². The van der Waals surface area contributed by atoms with Gasteiger partial charge in [0.15, 0.2) is 0 Å². The van der Waals surface area contributed by atoms with Crippen molar-refractivity contribution in [3.63, 3.8) is 0 Å². The number of hydrogen-bond donors (Lipinski definition) is 3. The van der Waals surface area contributed by atoms with Crippen LogP contribution >= 0.6 is 23.2 Å². The van der Waals surface area contributed by atoms with Crippen molar-refractivity contribution < 1.29 is 28.9 Å². The van der Waals surface area contributed by atoms with Gasteiger partial charge in [-0.2, -0.15) is 0 Å². The predicted octanol–water partition coefficient (Wildman–Crippen LogP) is 4.76. The van der Waals surface area contributed by atoms with Crippen LogP contribution in [-0.2, 0) is 6.61 Å². The summed E-state index contributed by atoms with van der Waals surface area (Å²) >= 11 is 12.0. The van der Waals surface area contributed by atoms with Gasteiger partial charge in [0, 0.05) is 17.7 Å². The fourth-order valence-electron chi connectivity index (χ4n) is 2.43. The normalized spacial score (nSPS) is 10.5. The Bertz CT molecular complexity index is 1120. The molecule has 0 fully saturated rings. The van der Waals surface area contributed by atoms with Crippen LogP contribution in [0.3, 0.4) is 0 Å². The van der Waals surface area contributed by atoms with Gasteiger partial charge < -0.3 is 20.3 Å². The maximum absolute atomic E-state index is 13.9. The summed E-state index contributed by atoms with van der Waals surface area (Å²) in [5.41, 5.74) is 0.144. The summed E-state index contributed by atoms with van der Waals surface area (Å²) in [5.74, 6) is -2.43. The number of aromatic nitrogens is 1. The number of aliphatic hydroxyl groups excluding tert-OH is 1. The number of hydrogen-bond acceptors (Lipinski definition) is 5. The molecule has 0 saturated carbocycles. The smallest absolute Gasteiger partial charge is 0.354 e. The molecule has 0 unspecified atom stereocenters. The molecular weight excluding hydrogens is 438 g/mol. The molecule has 0 aliphatic rings. The summed E-state index contributed by atoms with van der Waals surface area (Å²) in [4.78, 5) is 27.3. The van der Waals surface area contributed by atoms with E-state index < -0.39 is 24.3 Å². The summed E-state index contributed by atoms with van der Waals surface area (Å²) in [5, 5.41) is 20.7. The fraction of sp³-hybridized carbons (Fsp3) is 0.0500. The van der Waals surface area contributed by atoms with Gasteiger partial charge >= 0.3 is 5.97 Å². The number of carboxylic acids is 1. The molecule has 30 heavy (non-hydrogen) atoms. The second kappa shape index (κ2) is 9.08. The number of aliphatic hydroxyl groups is 1. The highest BCUT2D eigenvalue weighted by atomic mass is 35.5. The Hall–Kier alpha value is -3.20. The molecule has 7 nitrogen and oxygen atoms in total. The summed E-state index contributed by atoms with van der Waals surface area (Å²) in [6, 6.07) is 9.02. The molecule has 0 aliphatic heterocycles. The van der Waals surface area contributed by atoms with Crippen LogP contribution in [-0.4, -0.2) is 27.1 Å². The van der Waals surface area contributed by atoms with Crippen LogP contribution in [0, 0.1) is 5.82 Å². The molecule has 0 saturated heterocycles. The summed E-state index contributed by atoms with van der Waals surface area (Å²) < 4.78 is 19.5. The average molecular weight is 451 g/mol. The van der Waals surface area contributed by atoms with Crippen LogP contribution < -0.4 is 10.1 Å². The number of carbonyl (C=O) groups excluding carboxylic acids is 1. The number of carbonyl (C=O) groups is 2. The van der Waals surface area contributed by atoms with Gasteiger partial charge in [-0.15, -0.1) is 0 Å². The first-order chi connectivity index (χ1) is 14.3. The van der Waals surface area contributed by atoms with Crippen molar-refractivity contribution >= 4 is 40.8 Å². The number of nitrogens with one attached hydrogen (secondary N) is 1. The molecule has 1 aromatic heterocycles. The Kier molecular flexibility index (Phi) is 6.51. The average Bonchev–Trinajstić information content (AvgIpc) is 2.71. The predicted molar refractivity (Wildman–Crippen MR) is 108 cm³/mol. The first-order valence-corrected chi connectivity index (χ1v) is 9.11. The lowest BCUT2D eigenvalue weighted by Gasteiger charge is -2.13. The van der Waals surface area contributed by atoms with E-state index in [0.29, 0.717) is 0 Å². The van der Waals surface area contributed by atoms with Crippen LogP contribution in [0.4, 0.5) is 10.1 Å².